The molecule has 0 bridgehead atoms. The van der Waals surface area contributed by atoms with Gasteiger partial charge in [-0.1, -0.05) is 6.07 Å². The van der Waals surface area contributed by atoms with Gasteiger partial charge in [-0.2, -0.15) is 0 Å². The molecular weight excluding hydrogens is 310 g/mol. The SMILES string of the molecule is Cc1nnc2c(Oc3c(N)cccc3Br)nccn12. The van der Waals surface area contributed by atoms with E-state index in [9.17, 15) is 0 Å². The van der Waals surface area contributed by atoms with Gasteiger partial charge in [0.25, 0.3) is 5.88 Å². The maximum Gasteiger partial charge on any atom is 0.265 e. The number of nitrogens with zero attached hydrogens (tertiary/aromatic N) is 4. The van der Waals surface area contributed by atoms with E-state index < -0.39 is 0 Å². The number of ether oxygens (including phenoxy) is 1. The van der Waals surface area contributed by atoms with Crippen LogP contribution in [0.2, 0.25) is 0 Å². The summed E-state index contributed by atoms with van der Waals surface area (Å²) in [5.41, 5.74) is 6.97. The fourth-order valence-electron chi connectivity index (χ4n) is 1.72. The number of halogens is 1. The summed E-state index contributed by atoms with van der Waals surface area (Å²) in [6, 6.07) is 5.44. The highest BCUT2D eigenvalue weighted by Gasteiger charge is 2.13. The summed E-state index contributed by atoms with van der Waals surface area (Å²) in [6.45, 7) is 1.86. The van der Waals surface area contributed by atoms with Crippen LogP contribution in [0.5, 0.6) is 11.6 Å². The van der Waals surface area contributed by atoms with Crippen molar-refractivity contribution in [1.82, 2.24) is 19.6 Å². The van der Waals surface area contributed by atoms with Crippen molar-refractivity contribution in [3.63, 3.8) is 0 Å². The van der Waals surface area contributed by atoms with Crippen LogP contribution in [0, 0.1) is 6.92 Å². The molecule has 3 rings (SSSR count). The summed E-state index contributed by atoms with van der Waals surface area (Å²) < 4.78 is 8.32. The standard InChI is InChI=1S/C12H10BrN5O/c1-7-16-17-11-12(15-5-6-18(7)11)19-10-8(13)3-2-4-9(10)14/h2-6H,14H2,1H3. The van der Waals surface area contributed by atoms with E-state index in [1.807, 2.05) is 19.1 Å². The number of benzene rings is 1. The highest BCUT2D eigenvalue weighted by atomic mass is 79.9. The highest BCUT2D eigenvalue weighted by molar-refractivity contribution is 9.10. The Labute approximate surface area is 117 Å². The third-order valence-electron chi connectivity index (χ3n) is 2.66. The molecular formula is C12H10BrN5O. The van der Waals surface area contributed by atoms with Gasteiger partial charge in [0.2, 0.25) is 5.65 Å². The lowest BCUT2D eigenvalue weighted by Gasteiger charge is -2.09. The first-order chi connectivity index (χ1) is 9.16. The maximum absolute atomic E-state index is 5.89. The zero-order valence-electron chi connectivity index (χ0n) is 10.0. The second kappa shape index (κ2) is 4.51. The Morgan fingerprint density at radius 3 is 2.95 bits per heavy atom. The molecule has 96 valence electrons. The normalized spacial score (nSPS) is 10.8. The van der Waals surface area contributed by atoms with Crippen molar-refractivity contribution < 1.29 is 4.74 Å². The number of para-hydroxylation sites is 1. The first-order valence-corrected chi connectivity index (χ1v) is 6.34. The van der Waals surface area contributed by atoms with Crippen molar-refractivity contribution in [2.24, 2.45) is 0 Å². The smallest absolute Gasteiger partial charge is 0.265 e. The molecule has 0 saturated heterocycles. The van der Waals surface area contributed by atoms with Crippen LogP contribution in [0.1, 0.15) is 5.82 Å². The van der Waals surface area contributed by atoms with E-state index >= 15 is 0 Å². The zero-order valence-corrected chi connectivity index (χ0v) is 11.6. The minimum Gasteiger partial charge on any atom is -0.432 e. The molecule has 0 saturated carbocycles. The molecule has 0 atom stereocenters. The van der Waals surface area contributed by atoms with Gasteiger partial charge in [-0.05, 0) is 35.0 Å². The number of hydrogen-bond donors (Lipinski definition) is 1. The van der Waals surface area contributed by atoms with Crippen molar-refractivity contribution in [1.29, 1.82) is 0 Å². The van der Waals surface area contributed by atoms with Crippen molar-refractivity contribution in [2.45, 2.75) is 6.92 Å². The van der Waals surface area contributed by atoms with Gasteiger partial charge in [0.15, 0.2) is 5.75 Å². The van der Waals surface area contributed by atoms with Crippen molar-refractivity contribution in [2.75, 3.05) is 5.73 Å². The molecule has 0 unspecified atom stereocenters. The van der Waals surface area contributed by atoms with Gasteiger partial charge in [-0.15, -0.1) is 10.2 Å². The summed E-state index contributed by atoms with van der Waals surface area (Å²) in [5, 5.41) is 8.04. The number of nitrogen functional groups attached to an aromatic ring is 1. The highest BCUT2D eigenvalue weighted by Crippen LogP contribution is 2.35. The van der Waals surface area contributed by atoms with Crippen molar-refractivity contribution in [3.8, 4) is 11.6 Å². The van der Waals surface area contributed by atoms with Crippen LogP contribution in [0.3, 0.4) is 0 Å². The van der Waals surface area contributed by atoms with Gasteiger partial charge < -0.3 is 10.5 Å². The van der Waals surface area contributed by atoms with Crippen LogP contribution in [0.25, 0.3) is 5.65 Å². The number of aryl methyl sites for hydroxylation is 1. The second-order valence-electron chi connectivity index (χ2n) is 3.93. The molecule has 19 heavy (non-hydrogen) atoms. The van der Waals surface area contributed by atoms with Gasteiger partial charge in [0.05, 0.1) is 10.2 Å². The van der Waals surface area contributed by atoms with Crippen LogP contribution >= 0.6 is 15.9 Å². The molecule has 0 spiro atoms. The molecule has 2 aromatic heterocycles. The van der Waals surface area contributed by atoms with Crippen molar-refractivity contribution in [3.05, 3.63) is 40.9 Å². The molecule has 3 aromatic rings. The van der Waals surface area contributed by atoms with Crippen LogP contribution in [-0.2, 0) is 0 Å². The van der Waals surface area contributed by atoms with Gasteiger partial charge in [-0.3, -0.25) is 4.40 Å². The van der Waals surface area contributed by atoms with E-state index in [2.05, 4.69) is 31.1 Å². The summed E-state index contributed by atoms with van der Waals surface area (Å²) in [6.07, 6.45) is 3.41. The number of fused-ring (bicyclic) bond motifs is 1. The molecule has 0 fully saturated rings. The fourth-order valence-corrected chi connectivity index (χ4v) is 2.18. The molecule has 0 amide bonds. The quantitative estimate of drug-likeness (QED) is 0.734. The third kappa shape index (κ3) is 2.01. The van der Waals surface area contributed by atoms with E-state index in [0.29, 0.717) is 23.0 Å². The molecule has 1 aromatic carbocycles. The number of nitrogens with two attached hydrogens (primary N) is 1. The van der Waals surface area contributed by atoms with Gasteiger partial charge in [0, 0.05) is 12.4 Å². The molecule has 0 aliphatic carbocycles. The maximum atomic E-state index is 5.89. The summed E-state index contributed by atoms with van der Waals surface area (Å²) in [5.74, 6) is 1.65. The Balaban J connectivity index is 2.11. The van der Waals surface area contributed by atoms with Crippen molar-refractivity contribution >= 4 is 27.3 Å². The van der Waals surface area contributed by atoms with E-state index in [0.717, 1.165) is 10.3 Å². The van der Waals surface area contributed by atoms with Gasteiger partial charge >= 0.3 is 0 Å². The third-order valence-corrected chi connectivity index (χ3v) is 3.29. The lowest BCUT2D eigenvalue weighted by atomic mass is 10.3. The Bertz CT molecular complexity index is 735. The number of anilines is 1. The topological polar surface area (TPSA) is 78.3 Å². The first kappa shape index (κ1) is 11.9. The summed E-state index contributed by atoms with van der Waals surface area (Å²) in [4.78, 5) is 4.18. The average Bonchev–Trinajstić information content (AvgIpc) is 2.77. The Morgan fingerprint density at radius 2 is 2.16 bits per heavy atom. The molecule has 0 radical (unpaired) electrons. The fraction of sp³-hybridized carbons (Fsp3) is 0.0833. The lowest BCUT2D eigenvalue weighted by Crippen LogP contribution is -1.97. The number of hydrogen-bond acceptors (Lipinski definition) is 5. The van der Waals surface area contributed by atoms with E-state index in [4.69, 9.17) is 10.5 Å². The minimum absolute atomic E-state index is 0.363. The number of aromatic nitrogens is 4. The van der Waals surface area contributed by atoms with E-state index in [1.54, 1.807) is 22.9 Å². The summed E-state index contributed by atoms with van der Waals surface area (Å²) in [7, 11) is 0. The summed E-state index contributed by atoms with van der Waals surface area (Å²) >= 11 is 3.40. The lowest BCUT2D eigenvalue weighted by molar-refractivity contribution is 0.464. The Hall–Kier alpha value is -2.15. The van der Waals surface area contributed by atoms with Crippen LogP contribution < -0.4 is 10.5 Å². The number of rotatable bonds is 2. The minimum atomic E-state index is 0.363. The predicted octanol–water partition coefficient (Wildman–Crippen LogP) is 2.57. The zero-order chi connectivity index (χ0) is 13.4. The molecule has 6 nitrogen and oxygen atoms in total. The first-order valence-electron chi connectivity index (χ1n) is 5.55. The van der Waals surface area contributed by atoms with Crippen LogP contribution in [-0.4, -0.2) is 19.6 Å². The second-order valence-corrected chi connectivity index (χ2v) is 4.79. The molecule has 0 aliphatic heterocycles. The predicted molar refractivity (Wildman–Crippen MR) is 74.1 cm³/mol. The van der Waals surface area contributed by atoms with E-state index in [1.165, 1.54) is 0 Å². The van der Waals surface area contributed by atoms with Crippen LogP contribution in [0.4, 0.5) is 5.69 Å². The largest absolute Gasteiger partial charge is 0.432 e. The van der Waals surface area contributed by atoms with E-state index in [-0.39, 0.29) is 0 Å². The Morgan fingerprint density at radius 1 is 1.32 bits per heavy atom. The molecule has 2 N–H and O–H groups in total. The molecule has 2 heterocycles. The van der Waals surface area contributed by atoms with Crippen LogP contribution in [0.15, 0.2) is 35.1 Å². The Kier molecular flexibility index (Phi) is 2.83. The molecule has 7 heteroatoms. The molecule has 0 aliphatic rings. The monoisotopic (exact) mass is 319 g/mol. The van der Waals surface area contributed by atoms with Gasteiger partial charge in [-0.25, -0.2) is 4.98 Å². The average molecular weight is 320 g/mol. The van der Waals surface area contributed by atoms with Gasteiger partial charge in [0.1, 0.15) is 5.82 Å².